The molecule has 0 saturated carbocycles. The van der Waals surface area contributed by atoms with Crippen LogP contribution in [-0.4, -0.2) is 12.6 Å². The molecule has 0 saturated heterocycles. The quantitative estimate of drug-likeness (QED) is 0.919. The molecule has 1 heterocycles. The molecule has 1 unspecified atom stereocenters. The molecule has 0 aromatic heterocycles. The van der Waals surface area contributed by atoms with Crippen molar-refractivity contribution in [1.82, 2.24) is 0 Å². The summed E-state index contributed by atoms with van der Waals surface area (Å²) in [5, 5.41) is 0.462. The molecule has 0 aliphatic carbocycles. The summed E-state index contributed by atoms with van der Waals surface area (Å²) in [6.45, 7) is 0.359. The molecular formula is C15H12ClF2NO. The first-order chi connectivity index (χ1) is 9.60. The molecule has 5 heteroatoms. The molecule has 2 aromatic rings. The summed E-state index contributed by atoms with van der Waals surface area (Å²) in [6, 6.07) is 7.39. The lowest BCUT2D eigenvalue weighted by atomic mass is 10.00. The number of fused-ring (bicyclic) bond motifs is 1. The molecule has 2 nitrogen and oxygen atoms in total. The lowest BCUT2D eigenvalue weighted by molar-refractivity contribution is 0.242. The van der Waals surface area contributed by atoms with Crippen molar-refractivity contribution in [3.05, 3.63) is 52.6 Å². The number of benzene rings is 2. The molecular weight excluding hydrogens is 284 g/mol. The number of rotatable bonds is 2. The predicted molar refractivity (Wildman–Crippen MR) is 74.0 cm³/mol. The number of ether oxygens (including phenoxy) is 1. The van der Waals surface area contributed by atoms with Gasteiger partial charge < -0.3 is 10.5 Å². The van der Waals surface area contributed by atoms with Gasteiger partial charge in [0.2, 0.25) is 0 Å². The second-order valence-corrected chi connectivity index (χ2v) is 5.16. The van der Waals surface area contributed by atoms with E-state index in [4.69, 9.17) is 22.1 Å². The van der Waals surface area contributed by atoms with E-state index in [-0.39, 0.29) is 11.7 Å². The fourth-order valence-electron chi connectivity index (χ4n) is 2.44. The van der Waals surface area contributed by atoms with Gasteiger partial charge in [-0.15, -0.1) is 0 Å². The Bertz CT molecular complexity index is 675. The van der Waals surface area contributed by atoms with Crippen LogP contribution in [0, 0.1) is 11.6 Å². The van der Waals surface area contributed by atoms with Gasteiger partial charge in [0, 0.05) is 29.1 Å². The fourth-order valence-corrected chi connectivity index (χ4v) is 2.68. The van der Waals surface area contributed by atoms with Crippen LogP contribution >= 0.6 is 11.6 Å². The molecule has 2 aromatic carbocycles. The number of halogens is 3. The molecule has 0 spiro atoms. The number of hydrogen-bond donors (Lipinski definition) is 1. The van der Waals surface area contributed by atoms with Gasteiger partial charge in [-0.2, -0.15) is 0 Å². The van der Waals surface area contributed by atoms with Crippen molar-refractivity contribution in [2.75, 3.05) is 6.54 Å². The molecule has 2 N–H and O–H groups in total. The van der Waals surface area contributed by atoms with Gasteiger partial charge in [-0.25, -0.2) is 8.78 Å². The lowest BCUT2D eigenvalue weighted by Gasteiger charge is -2.12. The average Bonchev–Trinajstić information content (AvgIpc) is 2.84. The number of hydrogen-bond acceptors (Lipinski definition) is 2. The zero-order chi connectivity index (χ0) is 14.3. The highest BCUT2D eigenvalue weighted by Gasteiger charge is 2.27. The Morgan fingerprint density at radius 1 is 1.25 bits per heavy atom. The maximum atomic E-state index is 14.0. The molecule has 0 bridgehead atoms. The van der Waals surface area contributed by atoms with Crippen LogP contribution in [0.1, 0.15) is 5.56 Å². The summed E-state index contributed by atoms with van der Waals surface area (Å²) in [5.74, 6) is -1.27. The first-order valence-electron chi connectivity index (χ1n) is 6.23. The number of nitrogens with two attached hydrogens (primary N) is 1. The van der Waals surface area contributed by atoms with E-state index in [1.54, 1.807) is 12.1 Å². The Labute approximate surface area is 120 Å². The third-order valence-electron chi connectivity index (χ3n) is 3.37. The van der Waals surface area contributed by atoms with E-state index in [0.717, 1.165) is 11.6 Å². The Kier molecular flexibility index (Phi) is 3.36. The minimum absolute atomic E-state index is 0.140. The summed E-state index contributed by atoms with van der Waals surface area (Å²) in [6.07, 6.45) is 0.468. The highest BCUT2D eigenvalue weighted by atomic mass is 35.5. The third kappa shape index (κ3) is 2.15. The standard InChI is InChI=1S/C15H12ClF2NO/c16-9-4-8-5-10(7-19)20-15(8)12(6-9)11-2-1-3-13(17)14(11)18/h1-4,6,10H,5,7,19H2. The van der Waals surface area contributed by atoms with Crippen LogP contribution in [0.3, 0.4) is 0 Å². The minimum Gasteiger partial charge on any atom is -0.488 e. The van der Waals surface area contributed by atoms with Crippen molar-refractivity contribution in [2.24, 2.45) is 5.73 Å². The van der Waals surface area contributed by atoms with E-state index in [0.29, 0.717) is 29.3 Å². The van der Waals surface area contributed by atoms with E-state index >= 15 is 0 Å². The summed E-state index contributed by atoms with van der Waals surface area (Å²) in [5.41, 5.74) is 7.07. The highest BCUT2D eigenvalue weighted by Crippen LogP contribution is 2.41. The largest absolute Gasteiger partial charge is 0.488 e. The lowest BCUT2D eigenvalue weighted by Crippen LogP contribution is -2.24. The van der Waals surface area contributed by atoms with Gasteiger partial charge in [-0.05, 0) is 23.8 Å². The van der Waals surface area contributed by atoms with Crippen LogP contribution in [0.15, 0.2) is 30.3 Å². The van der Waals surface area contributed by atoms with Gasteiger partial charge in [-0.3, -0.25) is 0 Å². The first-order valence-corrected chi connectivity index (χ1v) is 6.61. The summed E-state index contributed by atoms with van der Waals surface area (Å²) >= 11 is 6.06. The van der Waals surface area contributed by atoms with E-state index < -0.39 is 11.6 Å². The minimum atomic E-state index is -0.906. The Morgan fingerprint density at radius 3 is 2.80 bits per heavy atom. The van der Waals surface area contributed by atoms with Crippen LogP contribution in [0.25, 0.3) is 11.1 Å². The molecule has 1 aliphatic heterocycles. The van der Waals surface area contributed by atoms with Crippen LogP contribution in [0.2, 0.25) is 5.02 Å². The zero-order valence-electron chi connectivity index (χ0n) is 10.5. The topological polar surface area (TPSA) is 35.2 Å². The van der Waals surface area contributed by atoms with Crippen LogP contribution in [0.4, 0.5) is 8.78 Å². The molecule has 1 atom stereocenters. The zero-order valence-corrected chi connectivity index (χ0v) is 11.3. The average molecular weight is 296 g/mol. The van der Waals surface area contributed by atoms with Crippen molar-refractivity contribution < 1.29 is 13.5 Å². The first kappa shape index (κ1) is 13.3. The van der Waals surface area contributed by atoms with E-state index in [1.807, 2.05) is 0 Å². The Morgan fingerprint density at radius 2 is 2.05 bits per heavy atom. The Balaban J connectivity index is 2.18. The van der Waals surface area contributed by atoms with Gasteiger partial charge >= 0.3 is 0 Å². The highest BCUT2D eigenvalue weighted by molar-refractivity contribution is 6.31. The fraction of sp³-hybridized carbons (Fsp3) is 0.200. The molecule has 0 fully saturated rings. The van der Waals surface area contributed by atoms with Crippen molar-refractivity contribution in [2.45, 2.75) is 12.5 Å². The van der Waals surface area contributed by atoms with Gasteiger partial charge in [0.05, 0.1) is 0 Å². The summed E-state index contributed by atoms with van der Waals surface area (Å²) in [4.78, 5) is 0. The molecule has 0 radical (unpaired) electrons. The van der Waals surface area contributed by atoms with E-state index in [1.165, 1.54) is 12.1 Å². The van der Waals surface area contributed by atoms with Gasteiger partial charge in [0.25, 0.3) is 0 Å². The van der Waals surface area contributed by atoms with Crippen LogP contribution in [-0.2, 0) is 6.42 Å². The monoisotopic (exact) mass is 295 g/mol. The van der Waals surface area contributed by atoms with Crippen molar-refractivity contribution in [1.29, 1.82) is 0 Å². The van der Waals surface area contributed by atoms with Gasteiger partial charge in [-0.1, -0.05) is 23.7 Å². The maximum Gasteiger partial charge on any atom is 0.166 e. The molecule has 20 heavy (non-hydrogen) atoms. The molecule has 104 valence electrons. The molecule has 0 amide bonds. The van der Waals surface area contributed by atoms with Gasteiger partial charge in [0.1, 0.15) is 11.9 Å². The summed E-state index contributed by atoms with van der Waals surface area (Å²) in [7, 11) is 0. The summed E-state index contributed by atoms with van der Waals surface area (Å²) < 4.78 is 33.1. The van der Waals surface area contributed by atoms with Crippen LogP contribution in [0.5, 0.6) is 5.75 Å². The second-order valence-electron chi connectivity index (χ2n) is 4.72. The van der Waals surface area contributed by atoms with Crippen LogP contribution < -0.4 is 10.5 Å². The Hall–Kier alpha value is -1.65. The van der Waals surface area contributed by atoms with Crippen molar-refractivity contribution >= 4 is 11.6 Å². The van der Waals surface area contributed by atoms with Crippen molar-refractivity contribution in [3.8, 4) is 16.9 Å². The second kappa shape index (κ2) is 5.04. The normalized spacial score (nSPS) is 16.9. The van der Waals surface area contributed by atoms with Crippen molar-refractivity contribution in [3.63, 3.8) is 0 Å². The maximum absolute atomic E-state index is 14.0. The van der Waals surface area contributed by atoms with Gasteiger partial charge in [0.15, 0.2) is 11.6 Å². The molecule has 1 aliphatic rings. The van der Waals surface area contributed by atoms with E-state index in [9.17, 15) is 8.78 Å². The smallest absolute Gasteiger partial charge is 0.166 e. The SMILES string of the molecule is NCC1Cc2cc(Cl)cc(-c3cccc(F)c3F)c2O1. The molecule has 3 rings (SSSR count). The van der Waals surface area contributed by atoms with E-state index in [2.05, 4.69) is 0 Å². The third-order valence-corrected chi connectivity index (χ3v) is 3.59. The predicted octanol–water partition coefficient (Wildman–Crippen LogP) is 3.55.